The molecule has 2 heterocycles. The molecule has 1 amide bonds. The number of fused-ring (bicyclic) bond motifs is 5. The summed E-state index contributed by atoms with van der Waals surface area (Å²) in [6.45, 7) is 7.16. The highest BCUT2D eigenvalue weighted by molar-refractivity contribution is 7.89. The summed E-state index contributed by atoms with van der Waals surface area (Å²) in [5, 5.41) is 5.40. The van der Waals surface area contributed by atoms with Crippen LogP contribution in [0.25, 0.3) is 11.0 Å². The summed E-state index contributed by atoms with van der Waals surface area (Å²) in [6.07, 6.45) is 3.05. The fraction of sp³-hybridized carbons (Fsp3) is 0.391. The van der Waals surface area contributed by atoms with Gasteiger partial charge in [0.25, 0.3) is 5.91 Å². The van der Waals surface area contributed by atoms with Crippen molar-refractivity contribution in [3.8, 4) is 0 Å². The maximum atomic E-state index is 13.6. The number of likely N-dealkylation sites (tertiary alicyclic amines) is 1. The minimum absolute atomic E-state index is 0.00375. The highest BCUT2D eigenvalue weighted by Gasteiger charge is 2.57. The van der Waals surface area contributed by atoms with Gasteiger partial charge in [-0.2, -0.15) is 0 Å². The molecule has 3 N–H and O–H groups in total. The van der Waals surface area contributed by atoms with Gasteiger partial charge in [-0.05, 0) is 59.7 Å². The fourth-order valence-corrected chi connectivity index (χ4v) is 6.08. The Labute approximate surface area is 181 Å². The van der Waals surface area contributed by atoms with E-state index in [9.17, 15) is 13.2 Å². The predicted molar refractivity (Wildman–Crippen MR) is 118 cm³/mol. The lowest BCUT2D eigenvalue weighted by Gasteiger charge is -2.60. The van der Waals surface area contributed by atoms with E-state index in [1.54, 1.807) is 18.5 Å². The summed E-state index contributed by atoms with van der Waals surface area (Å²) in [4.78, 5) is 23.0. The van der Waals surface area contributed by atoms with Gasteiger partial charge >= 0.3 is 0 Å². The van der Waals surface area contributed by atoms with E-state index in [1.165, 1.54) is 0 Å². The second-order valence-corrected chi connectivity index (χ2v) is 11.1. The highest BCUT2D eigenvalue weighted by atomic mass is 32.2. The number of primary sulfonamides is 1. The largest absolute Gasteiger partial charge is 0.345 e. The third-order valence-electron chi connectivity index (χ3n) is 7.83. The molecule has 5 rings (SSSR count). The van der Waals surface area contributed by atoms with E-state index in [-0.39, 0.29) is 27.7 Å². The number of imidazole rings is 1. The zero-order valence-electron chi connectivity index (χ0n) is 17.8. The van der Waals surface area contributed by atoms with Gasteiger partial charge in [-0.25, -0.2) is 18.5 Å². The molecular weight excluding hydrogens is 412 g/mol. The quantitative estimate of drug-likeness (QED) is 0.641. The number of aromatic amines is 1. The molecule has 2 atom stereocenters. The Balaban J connectivity index is 1.57. The molecule has 162 valence electrons. The maximum absolute atomic E-state index is 13.6. The van der Waals surface area contributed by atoms with Crippen LogP contribution in [0.4, 0.5) is 0 Å². The normalized spacial score (nSPS) is 24.8. The van der Waals surface area contributed by atoms with E-state index in [2.05, 4.69) is 30.7 Å². The van der Waals surface area contributed by atoms with Gasteiger partial charge in [0.05, 0.1) is 22.3 Å². The number of carbonyl (C=O) groups excluding carboxylic acids is 1. The van der Waals surface area contributed by atoms with Gasteiger partial charge in [-0.15, -0.1) is 0 Å². The number of sulfonamides is 1. The number of nitrogens with one attached hydrogen (secondary N) is 1. The molecule has 1 aromatic heterocycles. The molecule has 0 saturated carbocycles. The summed E-state index contributed by atoms with van der Waals surface area (Å²) in [5.74, 6) is 0.0150. The summed E-state index contributed by atoms with van der Waals surface area (Å²) in [7, 11) is -3.77. The van der Waals surface area contributed by atoms with Crippen LogP contribution < -0.4 is 5.14 Å². The molecule has 0 spiro atoms. The number of rotatable bonds is 2. The predicted octanol–water partition coefficient (Wildman–Crippen LogP) is 2.97. The molecule has 0 radical (unpaired) electrons. The molecule has 0 unspecified atom stereocenters. The highest BCUT2D eigenvalue weighted by Crippen LogP contribution is 2.56. The van der Waals surface area contributed by atoms with Gasteiger partial charge in [0, 0.05) is 23.6 Å². The third-order valence-corrected chi connectivity index (χ3v) is 8.74. The first-order valence-electron chi connectivity index (χ1n) is 10.4. The molecule has 8 heteroatoms. The number of hydrogen-bond donors (Lipinski definition) is 2. The summed E-state index contributed by atoms with van der Waals surface area (Å²) >= 11 is 0. The molecule has 2 aliphatic rings. The molecule has 2 bridgehead atoms. The smallest absolute Gasteiger partial charge is 0.254 e. The van der Waals surface area contributed by atoms with Crippen LogP contribution >= 0.6 is 0 Å². The van der Waals surface area contributed by atoms with E-state index >= 15 is 0 Å². The first-order chi connectivity index (χ1) is 14.5. The maximum Gasteiger partial charge on any atom is 0.254 e. The standard InChI is InChI=1S/C23H26N4O3S/c1-22(2)20-11-14-4-6-16(31(24,29)30)12-17(14)23(22,3)8-9-27(20)21(28)15-5-7-18-19(10-15)26-13-25-18/h4-7,10,12-13,20H,8-9,11H2,1-3H3,(H,25,26)(H2,24,29,30)/t20-,23+/m1/s1. The van der Waals surface area contributed by atoms with Crippen molar-refractivity contribution < 1.29 is 13.2 Å². The van der Waals surface area contributed by atoms with Gasteiger partial charge < -0.3 is 9.88 Å². The molecule has 2 aromatic carbocycles. The van der Waals surface area contributed by atoms with Crippen molar-refractivity contribution in [1.82, 2.24) is 14.9 Å². The molecular formula is C23H26N4O3S. The lowest BCUT2D eigenvalue weighted by molar-refractivity contribution is -0.0263. The average Bonchev–Trinajstić information content (AvgIpc) is 3.17. The van der Waals surface area contributed by atoms with E-state index in [1.807, 2.05) is 29.2 Å². The van der Waals surface area contributed by atoms with Crippen molar-refractivity contribution >= 4 is 27.0 Å². The van der Waals surface area contributed by atoms with Crippen LogP contribution in [0.15, 0.2) is 47.6 Å². The Bertz CT molecular complexity index is 1330. The van der Waals surface area contributed by atoms with Crippen molar-refractivity contribution in [3.63, 3.8) is 0 Å². The molecule has 1 fully saturated rings. The topological polar surface area (TPSA) is 109 Å². The number of benzene rings is 2. The molecule has 1 aliphatic carbocycles. The summed E-state index contributed by atoms with van der Waals surface area (Å²) < 4.78 is 23.9. The minimum Gasteiger partial charge on any atom is -0.345 e. The van der Waals surface area contributed by atoms with Crippen LogP contribution in [-0.2, 0) is 21.9 Å². The number of nitrogens with two attached hydrogens (primary N) is 1. The Morgan fingerprint density at radius 3 is 2.71 bits per heavy atom. The second kappa shape index (κ2) is 6.40. The molecule has 31 heavy (non-hydrogen) atoms. The lowest BCUT2D eigenvalue weighted by Crippen LogP contribution is -2.64. The van der Waals surface area contributed by atoms with Crippen LogP contribution in [0.1, 0.15) is 48.7 Å². The number of amides is 1. The van der Waals surface area contributed by atoms with Crippen LogP contribution in [-0.4, -0.2) is 41.8 Å². The fourth-order valence-electron chi connectivity index (χ4n) is 5.54. The monoisotopic (exact) mass is 438 g/mol. The minimum atomic E-state index is -3.77. The van der Waals surface area contributed by atoms with Crippen molar-refractivity contribution in [1.29, 1.82) is 0 Å². The van der Waals surface area contributed by atoms with Gasteiger partial charge in [0.2, 0.25) is 10.0 Å². The van der Waals surface area contributed by atoms with Crippen LogP contribution in [0.3, 0.4) is 0 Å². The van der Waals surface area contributed by atoms with Crippen LogP contribution in [0.5, 0.6) is 0 Å². The Morgan fingerprint density at radius 1 is 1.19 bits per heavy atom. The molecule has 7 nitrogen and oxygen atoms in total. The number of H-pyrrole nitrogens is 1. The number of aromatic nitrogens is 2. The van der Waals surface area contributed by atoms with Crippen molar-refractivity contribution in [2.24, 2.45) is 10.6 Å². The number of piperidine rings is 1. The van der Waals surface area contributed by atoms with Crippen LogP contribution in [0.2, 0.25) is 0 Å². The zero-order valence-corrected chi connectivity index (χ0v) is 18.7. The third kappa shape index (κ3) is 2.85. The number of nitrogens with zero attached hydrogens (tertiary/aromatic N) is 2. The summed E-state index contributed by atoms with van der Waals surface area (Å²) in [6, 6.07) is 10.7. The number of carbonyl (C=O) groups is 1. The Morgan fingerprint density at radius 2 is 1.97 bits per heavy atom. The van der Waals surface area contributed by atoms with Crippen molar-refractivity contribution in [3.05, 3.63) is 59.4 Å². The van der Waals surface area contributed by atoms with Crippen LogP contribution in [0, 0.1) is 5.41 Å². The van der Waals surface area contributed by atoms with E-state index < -0.39 is 10.0 Å². The first-order valence-corrected chi connectivity index (χ1v) is 12.0. The van der Waals surface area contributed by atoms with Crippen molar-refractivity contribution in [2.45, 2.75) is 50.0 Å². The zero-order chi connectivity index (χ0) is 22.2. The van der Waals surface area contributed by atoms with Gasteiger partial charge in [-0.3, -0.25) is 4.79 Å². The Kier molecular flexibility index (Phi) is 4.17. The van der Waals surface area contributed by atoms with Gasteiger partial charge in [-0.1, -0.05) is 26.8 Å². The molecule has 1 aliphatic heterocycles. The molecule has 1 saturated heterocycles. The molecule has 3 aromatic rings. The van der Waals surface area contributed by atoms with Crippen molar-refractivity contribution in [2.75, 3.05) is 6.54 Å². The number of hydrogen-bond acceptors (Lipinski definition) is 4. The summed E-state index contributed by atoms with van der Waals surface area (Å²) in [5.41, 5.74) is 3.93. The second-order valence-electron chi connectivity index (χ2n) is 9.52. The van der Waals surface area contributed by atoms with Gasteiger partial charge in [0.15, 0.2) is 0 Å². The van der Waals surface area contributed by atoms with Gasteiger partial charge in [0.1, 0.15) is 0 Å². The lowest BCUT2D eigenvalue weighted by atomic mass is 9.51. The first kappa shape index (κ1) is 20.2. The Hall–Kier alpha value is -2.71. The van der Waals surface area contributed by atoms with E-state index in [0.29, 0.717) is 18.5 Å². The van der Waals surface area contributed by atoms with E-state index in [4.69, 9.17) is 5.14 Å². The SMILES string of the molecule is CC1(C)[C@H]2Cc3ccc(S(N)(=O)=O)cc3[C@]1(C)CCN2C(=O)c1ccc2nc[nH]c2c1. The average molecular weight is 439 g/mol. The van der Waals surface area contributed by atoms with E-state index in [0.717, 1.165) is 28.6 Å².